The maximum absolute atomic E-state index is 12.3. The Labute approximate surface area is 175 Å². The molecule has 0 bridgehead atoms. The molecule has 6 nitrogen and oxygen atoms in total. The van der Waals surface area contributed by atoms with E-state index in [1.807, 2.05) is 54.6 Å². The van der Waals surface area contributed by atoms with E-state index < -0.39 is 0 Å². The molecule has 29 heavy (non-hydrogen) atoms. The summed E-state index contributed by atoms with van der Waals surface area (Å²) >= 11 is 1.60. The molecule has 1 amide bonds. The number of ether oxygens (including phenoxy) is 2. The summed E-state index contributed by atoms with van der Waals surface area (Å²) in [5.74, 6) is 0.992. The van der Waals surface area contributed by atoms with Crippen molar-refractivity contribution in [1.82, 2.24) is 4.90 Å². The first kappa shape index (κ1) is 21.0. The van der Waals surface area contributed by atoms with E-state index in [1.54, 1.807) is 23.8 Å². The summed E-state index contributed by atoms with van der Waals surface area (Å²) in [5.41, 5.74) is 1.11. The first-order chi connectivity index (χ1) is 14.2. The van der Waals surface area contributed by atoms with Crippen molar-refractivity contribution in [2.24, 2.45) is 0 Å². The lowest BCUT2D eigenvalue weighted by Gasteiger charge is -2.36. The second-order valence-electron chi connectivity index (χ2n) is 6.64. The molecule has 3 rings (SSSR count). The van der Waals surface area contributed by atoms with E-state index in [9.17, 15) is 9.59 Å². The van der Waals surface area contributed by atoms with Crippen molar-refractivity contribution in [3.05, 3.63) is 54.6 Å². The highest BCUT2D eigenvalue weighted by Crippen LogP contribution is 2.21. The maximum Gasteiger partial charge on any atom is 0.307 e. The number of amides is 1. The van der Waals surface area contributed by atoms with Crippen LogP contribution in [0.2, 0.25) is 0 Å². The second kappa shape index (κ2) is 10.8. The third-order valence-electron chi connectivity index (χ3n) is 4.74. The number of hydrogen-bond donors (Lipinski definition) is 0. The molecule has 0 atom stereocenters. The summed E-state index contributed by atoms with van der Waals surface area (Å²) in [5, 5.41) is 0. The first-order valence-corrected chi connectivity index (χ1v) is 10.6. The quantitative estimate of drug-likeness (QED) is 0.489. The molecule has 1 heterocycles. The Bertz CT molecular complexity index is 790. The van der Waals surface area contributed by atoms with E-state index in [1.165, 1.54) is 0 Å². The second-order valence-corrected chi connectivity index (χ2v) is 7.81. The molecular weight excluding hydrogens is 388 g/mol. The number of benzene rings is 2. The fraction of sp³-hybridized carbons (Fsp3) is 0.364. The minimum atomic E-state index is -0.335. The van der Waals surface area contributed by atoms with Gasteiger partial charge in [0.05, 0.1) is 13.5 Å². The smallest absolute Gasteiger partial charge is 0.307 e. The van der Waals surface area contributed by atoms with Crippen LogP contribution in [0.1, 0.15) is 6.42 Å². The van der Waals surface area contributed by atoms with Crippen molar-refractivity contribution in [2.45, 2.75) is 11.3 Å². The van der Waals surface area contributed by atoms with Gasteiger partial charge in [-0.3, -0.25) is 9.59 Å². The lowest BCUT2D eigenvalue weighted by atomic mass is 10.2. The summed E-state index contributed by atoms with van der Waals surface area (Å²) in [6, 6.07) is 17.8. The Hall–Kier alpha value is -2.67. The van der Waals surface area contributed by atoms with Crippen molar-refractivity contribution in [3.8, 4) is 5.75 Å². The van der Waals surface area contributed by atoms with Crippen LogP contribution in [0.4, 0.5) is 5.69 Å². The maximum atomic E-state index is 12.3. The first-order valence-electron chi connectivity index (χ1n) is 9.66. The van der Waals surface area contributed by atoms with Gasteiger partial charge in [0, 0.05) is 42.5 Å². The minimum absolute atomic E-state index is 0.136. The molecule has 1 saturated heterocycles. The predicted octanol–water partition coefficient (Wildman–Crippen LogP) is 3.07. The van der Waals surface area contributed by atoms with Gasteiger partial charge in [-0.25, -0.2) is 0 Å². The number of esters is 1. The predicted molar refractivity (Wildman–Crippen MR) is 115 cm³/mol. The molecular formula is C22H26N2O4S. The topological polar surface area (TPSA) is 59.1 Å². The highest BCUT2D eigenvalue weighted by Gasteiger charge is 2.22. The molecule has 0 radical (unpaired) electrons. The third-order valence-corrected chi connectivity index (χ3v) is 5.76. The average Bonchev–Trinajstić information content (AvgIpc) is 2.78. The molecule has 1 fully saturated rings. The van der Waals surface area contributed by atoms with Gasteiger partial charge in [0.25, 0.3) is 5.91 Å². The summed E-state index contributed by atoms with van der Waals surface area (Å²) in [4.78, 5) is 29.3. The molecule has 0 spiro atoms. The number of thioether (sulfide) groups is 1. The van der Waals surface area contributed by atoms with Crippen LogP contribution in [-0.4, -0.2) is 62.4 Å². The van der Waals surface area contributed by atoms with Crippen LogP contribution in [0.5, 0.6) is 5.75 Å². The zero-order valence-corrected chi connectivity index (χ0v) is 17.4. The number of nitrogens with zero attached hydrogens (tertiary/aromatic N) is 2. The van der Waals surface area contributed by atoms with Gasteiger partial charge in [-0.1, -0.05) is 18.2 Å². The van der Waals surface area contributed by atoms with Crippen molar-refractivity contribution in [2.75, 3.05) is 50.5 Å². The van der Waals surface area contributed by atoms with E-state index in [0.29, 0.717) is 18.8 Å². The van der Waals surface area contributed by atoms with E-state index in [0.717, 1.165) is 29.4 Å². The molecule has 7 heteroatoms. The van der Waals surface area contributed by atoms with Crippen LogP contribution in [0.3, 0.4) is 0 Å². The zero-order chi connectivity index (χ0) is 20.5. The molecule has 0 N–H and O–H groups in total. The Morgan fingerprint density at radius 2 is 1.66 bits per heavy atom. The lowest BCUT2D eigenvalue weighted by molar-refractivity contribution is -0.151. The molecule has 1 aliphatic rings. The number of hydrogen-bond acceptors (Lipinski definition) is 6. The van der Waals surface area contributed by atoms with Crippen LogP contribution in [0.25, 0.3) is 0 Å². The SMILES string of the molecule is COc1ccc(N2CCN(C(=O)COC(=O)CCSc3ccccc3)CC2)cc1. The highest BCUT2D eigenvalue weighted by atomic mass is 32.2. The monoisotopic (exact) mass is 414 g/mol. The van der Waals surface area contributed by atoms with Crippen LogP contribution < -0.4 is 9.64 Å². The summed E-state index contributed by atoms with van der Waals surface area (Å²) in [7, 11) is 1.65. The van der Waals surface area contributed by atoms with Gasteiger partial charge < -0.3 is 19.3 Å². The number of rotatable bonds is 8. The van der Waals surface area contributed by atoms with Gasteiger partial charge in [0.15, 0.2) is 6.61 Å². The molecule has 0 aliphatic carbocycles. The minimum Gasteiger partial charge on any atom is -0.497 e. The van der Waals surface area contributed by atoms with Crippen molar-refractivity contribution < 1.29 is 19.1 Å². The van der Waals surface area contributed by atoms with Crippen LogP contribution >= 0.6 is 11.8 Å². The highest BCUT2D eigenvalue weighted by molar-refractivity contribution is 7.99. The Balaban J connectivity index is 1.34. The van der Waals surface area contributed by atoms with Crippen molar-refractivity contribution in [1.29, 1.82) is 0 Å². The molecule has 2 aromatic carbocycles. The number of methoxy groups -OCH3 is 1. The summed E-state index contributed by atoms with van der Waals surface area (Å²) in [6.07, 6.45) is 0.290. The van der Waals surface area contributed by atoms with Gasteiger partial charge in [-0.05, 0) is 36.4 Å². The number of carbonyl (C=O) groups excluding carboxylic acids is 2. The third kappa shape index (κ3) is 6.42. The normalized spacial score (nSPS) is 13.8. The number of anilines is 1. The Morgan fingerprint density at radius 1 is 0.966 bits per heavy atom. The van der Waals surface area contributed by atoms with Crippen LogP contribution in [0.15, 0.2) is 59.5 Å². The Morgan fingerprint density at radius 3 is 2.31 bits per heavy atom. The molecule has 154 valence electrons. The number of carbonyl (C=O) groups is 2. The molecule has 0 aromatic heterocycles. The fourth-order valence-corrected chi connectivity index (χ4v) is 3.94. The summed E-state index contributed by atoms with van der Waals surface area (Å²) < 4.78 is 10.3. The fourth-order valence-electron chi connectivity index (χ4n) is 3.08. The van der Waals surface area contributed by atoms with Crippen LogP contribution in [0, 0.1) is 0 Å². The largest absolute Gasteiger partial charge is 0.497 e. The van der Waals surface area contributed by atoms with Gasteiger partial charge in [0.1, 0.15) is 5.75 Å². The van der Waals surface area contributed by atoms with Gasteiger partial charge >= 0.3 is 5.97 Å². The van der Waals surface area contributed by atoms with Crippen molar-refractivity contribution >= 4 is 29.3 Å². The van der Waals surface area contributed by atoms with Gasteiger partial charge in [0.2, 0.25) is 0 Å². The molecule has 2 aromatic rings. The lowest BCUT2D eigenvalue weighted by Crippen LogP contribution is -2.49. The molecule has 0 saturated carbocycles. The summed E-state index contributed by atoms with van der Waals surface area (Å²) in [6.45, 7) is 2.55. The Kier molecular flexibility index (Phi) is 7.81. The zero-order valence-electron chi connectivity index (χ0n) is 16.6. The van der Waals surface area contributed by atoms with Crippen LogP contribution in [-0.2, 0) is 14.3 Å². The van der Waals surface area contributed by atoms with E-state index in [4.69, 9.17) is 9.47 Å². The number of piperazine rings is 1. The van der Waals surface area contributed by atoms with Gasteiger partial charge in [-0.15, -0.1) is 11.8 Å². The molecule has 1 aliphatic heterocycles. The standard InChI is InChI=1S/C22H26N2O4S/c1-27-19-9-7-18(8-10-19)23-12-14-24(15-13-23)21(25)17-28-22(26)11-16-29-20-5-3-2-4-6-20/h2-10H,11-17H2,1H3. The van der Waals surface area contributed by atoms with Gasteiger partial charge in [-0.2, -0.15) is 0 Å². The van der Waals surface area contributed by atoms with E-state index in [2.05, 4.69) is 4.90 Å². The molecule has 0 unspecified atom stereocenters. The van der Waals surface area contributed by atoms with E-state index >= 15 is 0 Å². The average molecular weight is 415 g/mol. The van der Waals surface area contributed by atoms with E-state index in [-0.39, 0.29) is 24.9 Å². The van der Waals surface area contributed by atoms with Crippen molar-refractivity contribution in [3.63, 3.8) is 0 Å².